The molecule has 0 N–H and O–H groups in total. The van der Waals surface area contributed by atoms with Gasteiger partial charge in [0.2, 0.25) is 0 Å². The van der Waals surface area contributed by atoms with Gasteiger partial charge in [0.1, 0.15) is 23.9 Å². The van der Waals surface area contributed by atoms with Crippen LogP contribution in [0.3, 0.4) is 0 Å². The maximum atomic E-state index is 14.1. The van der Waals surface area contributed by atoms with Crippen LogP contribution in [0.2, 0.25) is 0 Å². The van der Waals surface area contributed by atoms with Gasteiger partial charge in [-0.15, -0.1) is 10.2 Å². The maximum absolute atomic E-state index is 14.1. The van der Waals surface area contributed by atoms with E-state index >= 15 is 0 Å². The lowest BCUT2D eigenvalue weighted by Crippen LogP contribution is -2.07. The summed E-state index contributed by atoms with van der Waals surface area (Å²) >= 11 is 1.43. The van der Waals surface area contributed by atoms with Crippen LogP contribution in [0, 0.1) is 12.7 Å². The van der Waals surface area contributed by atoms with Crippen molar-refractivity contribution in [2.75, 3.05) is 7.11 Å². The Bertz CT molecular complexity index is 1140. The monoisotopic (exact) mass is 435 g/mol. The first-order valence-corrected chi connectivity index (χ1v) is 10.8. The summed E-state index contributed by atoms with van der Waals surface area (Å²) in [5.41, 5.74) is 2.67. The number of ether oxygens (including phenoxy) is 2. The number of hydrogen-bond donors (Lipinski definition) is 0. The van der Waals surface area contributed by atoms with Crippen molar-refractivity contribution in [2.45, 2.75) is 24.4 Å². The summed E-state index contributed by atoms with van der Waals surface area (Å²) in [4.78, 5) is 0. The van der Waals surface area contributed by atoms with E-state index in [1.54, 1.807) is 19.2 Å². The van der Waals surface area contributed by atoms with Gasteiger partial charge in [-0.1, -0.05) is 47.7 Å². The lowest BCUT2D eigenvalue weighted by atomic mass is 10.2. The van der Waals surface area contributed by atoms with E-state index in [4.69, 9.17) is 9.47 Å². The number of hydrogen-bond acceptors (Lipinski definition) is 5. The van der Waals surface area contributed by atoms with E-state index in [0.717, 1.165) is 17.2 Å². The standard InChI is InChI=1S/C24H22FN3O2S/c1-17-7-11-21(12-8-17)30-15-23-26-27-24(31-16-18-5-3-4-6-22(18)25)28(23)19-9-13-20(29-2)14-10-19/h3-14H,15-16H2,1-2H3. The molecule has 31 heavy (non-hydrogen) atoms. The third-order valence-electron chi connectivity index (χ3n) is 4.73. The van der Waals surface area contributed by atoms with Crippen molar-refractivity contribution in [3.05, 3.63) is 95.6 Å². The Hall–Kier alpha value is -3.32. The van der Waals surface area contributed by atoms with Gasteiger partial charge in [-0.2, -0.15) is 0 Å². The fourth-order valence-electron chi connectivity index (χ4n) is 3.02. The van der Waals surface area contributed by atoms with E-state index in [9.17, 15) is 4.39 Å². The van der Waals surface area contributed by atoms with Gasteiger partial charge in [-0.3, -0.25) is 4.57 Å². The average molecular weight is 436 g/mol. The second-order valence-electron chi connectivity index (χ2n) is 6.91. The van der Waals surface area contributed by atoms with Crippen LogP contribution in [-0.4, -0.2) is 21.9 Å². The Kier molecular flexibility index (Phi) is 6.52. The molecule has 158 valence electrons. The molecule has 0 aliphatic heterocycles. The number of thioether (sulfide) groups is 1. The van der Waals surface area contributed by atoms with E-state index in [1.165, 1.54) is 23.4 Å². The van der Waals surface area contributed by atoms with Gasteiger partial charge >= 0.3 is 0 Å². The largest absolute Gasteiger partial charge is 0.497 e. The van der Waals surface area contributed by atoms with Crippen LogP contribution < -0.4 is 9.47 Å². The summed E-state index contributed by atoms with van der Waals surface area (Å²) in [5, 5.41) is 9.36. The third kappa shape index (κ3) is 5.06. The Morgan fingerprint density at radius 3 is 2.32 bits per heavy atom. The van der Waals surface area contributed by atoms with E-state index < -0.39 is 0 Å². The van der Waals surface area contributed by atoms with Gasteiger partial charge in [0.05, 0.1) is 7.11 Å². The highest BCUT2D eigenvalue weighted by Crippen LogP contribution is 2.27. The van der Waals surface area contributed by atoms with Gasteiger partial charge in [-0.25, -0.2) is 4.39 Å². The second kappa shape index (κ2) is 9.66. The highest BCUT2D eigenvalue weighted by atomic mass is 32.2. The van der Waals surface area contributed by atoms with Gasteiger partial charge < -0.3 is 9.47 Å². The molecule has 0 radical (unpaired) electrons. The summed E-state index contributed by atoms with van der Waals surface area (Å²) in [6.45, 7) is 2.28. The van der Waals surface area contributed by atoms with Crippen LogP contribution in [-0.2, 0) is 12.4 Å². The molecule has 0 saturated heterocycles. The summed E-state index contributed by atoms with van der Waals surface area (Å²) in [7, 11) is 1.63. The Morgan fingerprint density at radius 2 is 1.61 bits per heavy atom. The second-order valence-corrected chi connectivity index (χ2v) is 7.86. The zero-order valence-corrected chi connectivity index (χ0v) is 18.1. The fraction of sp³-hybridized carbons (Fsp3) is 0.167. The summed E-state index contributed by atoms with van der Waals surface area (Å²) in [6.07, 6.45) is 0. The first-order valence-electron chi connectivity index (χ1n) is 9.78. The van der Waals surface area contributed by atoms with Crippen molar-refractivity contribution >= 4 is 11.8 Å². The molecule has 0 unspecified atom stereocenters. The van der Waals surface area contributed by atoms with E-state index in [0.29, 0.717) is 22.3 Å². The summed E-state index contributed by atoms with van der Waals surface area (Å²) in [5.74, 6) is 2.39. The predicted octanol–water partition coefficient (Wildman–Crippen LogP) is 5.59. The normalized spacial score (nSPS) is 10.8. The number of halogens is 1. The minimum absolute atomic E-state index is 0.228. The molecule has 1 aromatic heterocycles. The molecule has 1 heterocycles. The molecule has 0 spiro atoms. The molecule has 5 nitrogen and oxygen atoms in total. The minimum atomic E-state index is -0.228. The molecular formula is C24H22FN3O2S. The number of methoxy groups -OCH3 is 1. The molecule has 0 saturated carbocycles. The number of rotatable bonds is 8. The van der Waals surface area contributed by atoms with Crippen LogP contribution in [0.25, 0.3) is 5.69 Å². The zero-order chi connectivity index (χ0) is 21.6. The minimum Gasteiger partial charge on any atom is -0.497 e. The fourth-order valence-corrected chi connectivity index (χ4v) is 3.98. The molecule has 7 heteroatoms. The van der Waals surface area contributed by atoms with Gasteiger partial charge in [0.15, 0.2) is 11.0 Å². The van der Waals surface area contributed by atoms with E-state index in [1.807, 2.05) is 66.1 Å². The lowest BCUT2D eigenvalue weighted by Gasteiger charge is -2.12. The Balaban J connectivity index is 1.60. The summed E-state index contributed by atoms with van der Waals surface area (Å²) in [6, 6.07) is 22.2. The molecular weight excluding hydrogens is 413 g/mol. The van der Waals surface area contributed by atoms with Crippen molar-refractivity contribution < 1.29 is 13.9 Å². The molecule has 0 amide bonds. The van der Waals surface area contributed by atoms with Crippen LogP contribution in [0.4, 0.5) is 4.39 Å². The van der Waals surface area contributed by atoms with Crippen molar-refractivity contribution in [2.24, 2.45) is 0 Å². The predicted molar refractivity (Wildman–Crippen MR) is 119 cm³/mol. The first kappa shape index (κ1) is 20.9. The topological polar surface area (TPSA) is 49.2 Å². The molecule has 0 aliphatic carbocycles. The van der Waals surface area contributed by atoms with Crippen molar-refractivity contribution in [1.29, 1.82) is 0 Å². The molecule has 0 fully saturated rings. The number of aromatic nitrogens is 3. The third-order valence-corrected chi connectivity index (χ3v) is 5.71. The van der Waals surface area contributed by atoms with Crippen molar-refractivity contribution in [1.82, 2.24) is 14.8 Å². The molecule has 4 aromatic rings. The smallest absolute Gasteiger partial charge is 0.196 e. The van der Waals surface area contributed by atoms with Crippen LogP contribution >= 0.6 is 11.8 Å². The van der Waals surface area contributed by atoms with Crippen molar-refractivity contribution in [3.8, 4) is 17.2 Å². The zero-order valence-electron chi connectivity index (χ0n) is 17.3. The number of benzene rings is 3. The molecule has 3 aromatic carbocycles. The van der Waals surface area contributed by atoms with Crippen LogP contribution in [0.15, 0.2) is 78.0 Å². The first-order chi connectivity index (χ1) is 15.1. The average Bonchev–Trinajstić information content (AvgIpc) is 3.21. The molecule has 0 aliphatic rings. The van der Waals surface area contributed by atoms with Crippen molar-refractivity contribution in [3.63, 3.8) is 0 Å². The Labute approximate surface area is 184 Å². The summed E-state index contributed by atoms with van der Waals surface area (Å²) < 4.78 is 27.2. The van der Waals surface area contributed by atoms with E-state index in [-0.39, 0.29) is 12.4 Å². The molecule has 0 atom stereocenters. The van der Waals surface area contributed by atoms with Crippen LogP contribution in [0.1, 0.15) is 17.0 Å². The van der Waals surface area contributed by atoms with Gasteiger partial charge in [0.25, 0.3) is 0 Å². The van der Waals surface area contributed by atoms with Gasteiger partial charge in [0, 0.05) is 11.4 Å². The molecule has 4 rings (SSSR count). The molecule has 0 bridgehead atoms. The highest BCUT2D eigenvalue weighted by Gasteiger charge is 2.16. The Morgan fingerprint density at radius 1 is 0.903 bits per heavy atom. The quantitative estimate of drug-likeness (QED) is 0.338. The van der Waals surface area contributed by atoms with Gasteiger partial charge in [-0.05, 0) is 55.0 Å². The number of aryl methyl sites for hydroxylation is 1. The SMILES string of the molecule is COc1ccc(-n2c(COc3ccc(C)cc3)nnc2SCc2ccccc2F)cc1. The lowest BCUT2D eigenvalue weighted by molar-refractivity contribution is 0.292. The number of nitrogens with zero attached hydrogens (tertiary/aromatic N) is 3. The maximum Gasteiger partial charge on any atom is 0.196 e. The highest BCUT2D eigenvalue weighted by molar-refractivity contribution is 7.98. The van der Waals surface area contributed by atoms with E-state index in [2.05, 4.69) is 10.2 Å². The van der Waals surface area contributed by atoms with Crippen LogP contribution in [0.5, 0.6) is 11.5 Å².